The number of rotatable bonds is 0. The number of halogens is 2. The van der Waals surface area contributed by atoms with E-state index in [0.717, 1.165) is 0 Å². The van der Waals surface area contributed by atoms with Crippen molar-refractivity contribution in [3.8, 4) is 0 Å². The van der Waals surface area contributed by atoms with Crippen LogP contribution in [0.4, 0.5) is 0 Å². The van der Waals surface area contributed by atoms with Crippen molar-refractivity contribution in [1.29, 1.82) is 0 Å². The molecule has 1 saturated carbocycles. The molecule has 148 valence electrons. The first-order valence-electron chi connectivity index (χ1n) is 8.72. The van der Waals surface area contributed by atoms with E-state index in [1.807, 2.05) is 0 Å². The maximum atomic E-state index is 2.36. The van der Waals surface area contributed by atoms with Gasteiger partial charge in [0.25, 0.3) is 0 Å². The van der Waals surface area contributed by atoms with Crippen molar-refractivity contribution in [3.63, 3.8) is 0 Å². The van der Waals surface area contributed by atoms with Crippen molar-refractivity contribution in [2.45, 2.75) is 53.4 Å². The summed E-state index contributed by atoms with van der Waals surface area (Å²) in [6.45, 7) is 8.68. The summed E-state index contributed by atoms with van der Waals surface area (Å²) in [6, 6.07) is 16.9. The maximum absolute atomic E-state index is 2.36. The smallest absolute Gasteiger partial charge is 1.00 e. The summed E-state index contributed by atoms with van der Waals surface area (Å²) in [5.41, 5.74) is 5.75. The zero-order valence-corrected chi connectivity index (χ0v) is 20.5. The first kappa shape index (κ1) is 30.5. The molecule has 0 spiro atoms. The molecule has 0 N–H and O–H groups in total. The van der Waals surface area contributed by atoms with Crippen LogP contribution in [0.15, 0.2) is 48.5 Å². The predicted octanol–water partition coefficient (Wildman–Crippen LogP) is -0.216. The minimum atomic E-state index is 0. The Hall–Kier alpha value is -1.21. The molecule has 0 aromatic heterocycles. The van der Waals surface area contributed by atoms with Crippen LogP contribution < -0.4 is 9.41 Å². The topological polar surface area (TPSA) is 0 Å². The third kappa shape index (κ3) is 9.51. The van der Waals surface area contributed by atoms with Crippen molar-refractivity contribution in [2.24, 2.45) is 0 Å². The zero-order valence-electron chi connectivity index (χ0n) is 17.2. The fourth-order valence-corrected chi connectivity index (χ4v) is 2.92. The van der Waals surface area contributed by atoms with E-state index in [1.165, 1.54) is 58.7 Å². The molecule has 27 heavy (non-hydrogen) atoms. The molecule has 1 aliphatic carbocycles. The van der Waals surface area contributed by atoms with Crippen LogP contribution in [0.2, 0.25) is 0 Å². The van der Waals surface area contributed by atoms with Crippen LogP contribution in [0.5, 0.6) is 0 Å². The summed E-state index contributed by atoms with van der Waals surface area (Å²) in [6.07, 6.45) is 8.00. The zero-order chi connectivity index (χ0) is 16.7. The average molecular weight is 427 g/mol. The van der Waals surface area contributed by atoms with Crippen LogP contribution in [0.1, 0.15) is 47.9 Å². The standard InChI is InChI=1S/C9H7.C9H13.C5H9.Cr.2FH.H3Si/c1-2-5-9-7-3-6-8(9)4-1;1-6-5-7(2)9(4)8(6)3;1-2-4-5-3-1;;;;/h1-7H;5H,1-4H3;1H,2-5H2;;2*1H;1H3/q3*-1;+5;;;/p-2. The number of fused-ring (bicyclic) bond motifs is 1. The minimum Gasteiger partial charge on any atom is -1.00 e. The minimum absolute atomic E-state index is 0. The third-order valence-electron chi connectivity index (χ3n) is 4.79. The Labute approximate surface area is 179 Å². The molecule has 0 atom stereocenters. The Balaban J connectivity index is -0.000000308. The van der Waals surface area contributed by atoms with E-state index < -0.39 is 0 Å². The number of hydrogen-bond donors (Lipinski definition) is 0. The van der Waals surface area contributed by atoms with Gasteiger partial charge in [-0.05, 0) is 11.0 Å². The molecule has 1 aliphatic rings. The molecule has 0 nitrogen and oxygen atoms in total. The molecule has 0 saturated heterocycles. The van der Waals surface area contributed by atoms with E-state index in [4.69, 9.17) is 0 Å². The van der Waals surface area contributed by atoms with Crippen LogP contribution in [0, 0.1) is 34.1 Å². The Kier molecular flexibility index (Phi) is 17.9. The van der Waals surface area contributed by atoms with E-state index >= 15 is 0 Å². The number of hydrogen-bond acceptors (Lipinski definition) is 0. The summed E-state index contributed by atoms with van der Waals surface area (Å²) >= 11 is 0. The van der Waals surface area contributed by atoms with Gasteiger partial charge in [0.2, 0.25) is 0 Å². The monoisotopic (exact) mass is 426 g/mol. The molecule has 1 fully saturated rings. The summed E-state index contributed by atoms with van der Waals surface area (Å²) in [7, 11) is 0. The molecule has 0 heterocycles. The second-order valence-electron chi connectivity index (χ2n) is 6.49. The molecule has 0 aliphatic heterocycles. The van der Waals surface area contributed by atoms with Gasteiger partial charge in [-0.25, -0.2) is 0 Å². The second kappa shape index (κ2) is 15.8. The van der Waals surface area contributed by atoms with E-state index in [9.17, 15) is 0 Å². The third-order valence-corrected chi connectivity index (χ3v) is 4.79. The predicted molar refractivity (Wildman–Crippen MR) is 113 cm³/mol. The normalized spacial score (nSPS) is 11.3. The Morgan fingerprint density at radius 3 is 1.89 bits per heavy atom. The summed E-state index contributed by atoms with van der Waals surface area (Å²) < 4.78 is 0. The van der Waals surface area contributed by atoms with Gasteiger partial charge < -0.3 is 15.8 Å². The molecule has 4 rings (SSSR count). The number of aryl methyl sites for hydroxylation is 2. The first-order chi connectivity index (χ1) is 11.1. The Morgan fingerprint density at radius 2 is 1.52 bits per heavy atom. The average Bonchev–Trinajstić information content (AvgIpc) is 3.30. The summed E-state index contributed by atoms with van der Waals surface area (Å²) in [5, 5.41) is 2.66. The largest absolute Gasteiger partial charge is 5.00 e. The number of benzene rings is 1. The van der Waals surface area contributed by atoms with Gasteiger partial charge in [-0.1, -0.05) is 46.6 Å². The van der Waals surface area contributed by atoms with E-state index in [1.54, 1.807) is 0 Å². The Bertz CT molecular complexity index is 667. The van der Waals surface area contributed by atoms with Crippen LogP contribution >= 0.6 is 0 Å². The van der Waals surface area contributed by atoms with Gasteiger partial charge in [0.15, 0.2) is 0 Å². The second-order valence-corrected chi connectivity index (χ2v) is 6.49. The van der Waals surface area contributed by atoms with Gasteiger partial charge in [0.1, 0.15) is 0 Å². The van der Waals surface area contributed by atoms with Gasteiger partial charge in [0.05, 0.1) is 0 Å². The molecular weight excluding hydrogens is 394 g/mol. The van der Waals surface area contributed by atoms with E-state index in [2.05, 4.69) is 82.6 Å². The van der Waals surface area contributed by atoms with Crippen molar-refractivity contribution in [3.05, 3.63) is 77.2 Å². The van der Waals surface area contributed by atoms with E-state index in [-0.39, 0.29) is 37.7 Å². The fourth-order valence-electron chi connectivity index (χ4n) is 2.92. The molecule has 3 aromatic carbocycles. The van der Waals surface area contributed by atoms with Gasteiger partial charge in [-0.3, -0.25) is 0 Å². The maximum Gasteiger partial charge on any atom is 5.00 e. The van der Waals surface area contributed by atoms with Gasteiger partial charge in [-0.15, -0.1) is 29.7 Å². The van der Waals surface area contributed by atoms with Crippen LogP contribution in [-0.4, -0.2) is 11.0 Å². The van der Waals surface area contributed by atoms with Gasteiger partial charge >= 0.3 is 17.4 Å². The van der Waals surface area contributed by atoms with Crippen molar-refractivity contribution < 1.29 is 26.8 Å². The van der Waals surface area contributed by atoms with Crippen molar-refractivity contribution in [2.75, 3.05) is 0 Å². The molecule has 0 amide bonds. The summed E-state index contributed by atoms with van der Waals surface area (Å²) in [4.78, 5) is 0. The SMILES string of the molecule is Cc1c[c-](C)c(C)c1C.[CH-]1CCCC1.[Cr+5].[F-].[F-].[SiH3].c1ccc2[cH-]ccc2c1. The molecule has 3 aromatic rings. The molecule has 2 radical (unpaired) electrons. The quantitative estimate of drug-likeness (QED) is 0.345. The molecule has 4 heteroatoms. The van der Waals surface area contributed by atoms with Crippen molar-refractivity contribution >= 4 is 21.7 Å². The van der Waals surface area contributed by atoms with Crippen LogP contribution in [0.25, 0.3) is 10.8 Å². The first-order valence-corrected chi connectivity index (χ1v) is 8.72. The van der Waals surface area contributed by atoms with Crippen LogP contribution in [-0.2, 0) is 17.4 Å². The summed E-state index contributed by atoms with van der Waals surface area (Å²) in [5.74, 6) is 0. The molecule has 0 unspecified atom stereocenters. The van der Waals surface area contributed by atoms with Crippen LogP contribution in [0.3, 0.4) is 0 Å². The van der Waals surface area contributed by atoms with Gasteiger partial charge in [-0.2, -0.15) is 58.7 Å². The van der Waals surface area contributed by atoms with Gasteiger partial charge in [0, 0.05) is 0 Å². The fraction of sp³-hybridized carbons (Fsp3) is 0.348. The molecular formula is C23H32CrF2Si. The van der Waals surface area contributed by atoms with E-state index in [0.29, 0.717) is 0 Å². The Morgan fingerprint density at radius 1 is 0.926 bits per heavy atom. The molecule has 0 bridgehead atoms. The van der Waals surface area contributed by atoms with Crippen molar-refractivity contribution in [1.82, 2.24) is 0 Å².